The van der Waals surface area contributed by atoms with Crippen molar-refractivity contribution in [1.82, 2.24) is 20.4 Å². The minimum Gasteiger partial charge on any atom is -0.459 e. The van der Waals surface area contributed by atoms with Crippen LogP contribution in [0.4, 0.5) is 0 Å². The Bertz CT molecular complexity index is 608. The predicted molar refractivity (Wildman–Crippen MR) is 78.1 cm³/mol. The van der Waals surface area contributed by atoms with E-state index in [0.29, 0.717) is 36.5 Å². The summed E-state index contributed by atoms with van der Waals surface area (Å²) in [6.45, 7) is 5.05. The number of carbonyl (C=O) groups excluding carboxylic acids is 1. The van der Waals surface area contributed by atoms with Gasteiger partial charge >= 0.3 is 0 Å². The predicted octanol–water partition coefficient (Wildman–Crippen LogP) is 1.61. The smallest absolute Gasteiger partial charge is 0.286 e. The minimum absolute atomic E-state index is 0.158. The lowest BCUT2D eigenvalue weighted by molar-refractivity contribution is 0.0900. The van der Waals surface area contributed by atoms with Crippen molar-refractivity contribution in [3.8, 4) is 0 Å². The first-order valence-electron chi connectivity index (χ1n) is 7.54. The molecule has 1 aliphatic rings. The quantitative estimate of drug-likeness (QED) is 0.903. The number of likely N-dealkylation sites (tertiary alicyclic amines) is 1. The highest BCUT2D eigenvalue weighted by atomic mass is 16.4. The molecule has 1 aliphatic heterocycles. The molecule has 1 amide bonds. The van der Waals surface area contributed by atoms with Crippen LogP contribution in [0.3, 0.4) is 0 Å². The van der Waals surface area contributed by atoms with Crippen molar-refractivity contribution in [2.45, 2.75) is 26.3 Å². The highest BCUT2D eigenvalue weighted by molar-refractivity contribution is 5.91. The average Bonchev–Trinajstić information content (AvgIpc) is 3.17. The molecule has 118 valence electrons. The standard InChI is InChI=1S/C15H20N4O3/c1-11-17-18-14(22-11)10-19-6-2-4-12(9-19)8-16-15(20)13-5-3-7-21-13/h3,5,7,12H,2,4,6,8-10H2,1H3,(H,16,20). The third-order valence-corrected chi connectivity index (χ3v) is 3.83. The monoisotopic (exact) mass is 304 g/mol. The summed E-state index contributed by atoms with van der Waals surface area (Å²) in [5.41, 5.74) is 0. The zero-order chi connectivity index (χ0) is 15.4. The molecule has 0 bridgehead atoms. The summed E-state index contributed by atoms with van der Waals surface area (Å²) in [4.78, 5) is 14.2. The fourth-order valence-electron chi connectivity index (χ4n) is 2.79. The first-order valence-corrected chi connectivity index (χ1v) is 7.54. The van der Waals surface area contributed by atoms with Gasteiger partial charge in [-0.2, -0.15) is 0 Å². The highest BCUT2D eigenvalue weighted by Crippen LogP contribution is 2.18. The Labute approximate surface area is 128 Å². The van der Waals surface area contributed by atoms with Crippen LogP contribution in [0.1, 0.15) is 35.2 Å². The summed E-state index contributed by atoms with van der Waals surface area (Å²) in [7, 11) is 0. The fraction of sp³-hybridized carbons (Fsp3) is 0.533. The summed E-state index contributed by atoms with van der Waals surface area (Å²) in [5.74, 6) is 1.87. The second-order valence-electron chi connectivity index (χ2n) is 5.65. The molecule has 0 saturated carbocycles. The van der Waals surface area contributed by atoms with Crippen molar-refractivity contribution in [3.05, 3.63) is 35.9 Å². The van der Waals surface area contributed by atoms with Crippen molar-refractivity contribution in [2.75, 3.05) is 19.6 Å². The first kappa shape index (κ1) is 14.8. The number of hydrogen-bond acceptors (Lipinski definition) is 6. The maximum Gasteiger partial charge on any atom is 0.286 e. The van der Waals surface area contributed by atoms with Crippen LogP contribution in [0.5, 0.6) is 0 Å². The summed E-state index contributed by atoms with van der Waals surface area (Å²) in [6, 6.07) is 3.38. The van der Waals surface area contributed by atoms with Crippen LogP contribution in [0, 0.1) is 12.8 Å². The van der Waals surface area contributed by atoms with Crippen molar-refractivity contribution in [1.29, 1.82) is 0 Å². The lowest BCUT2D eigenvalue weighted by Crippen LogP contribution is -2.40. The number of nitrogens with zero attached hydrogens (tertiary/aromatic N) is 3. The Hall–Kier alpha value is -2.15. The molecule has 3 heterocycles. The molecule has 7 nitrogen and oxygen atoms in total. The SMILES string of the molecule is Cc1nnc(CN2CCCC(CNC(=O)c3ccco3)C2)o1. The number of piperidine rings is 1. The van der Waals surface area contributed by atoms with Crippen molar-refractivity contribution in [3.63, 3.8) is 0 Å². The van der Waals surface area contributed by atoms with Crippen LogP contribution >= 0.6 is 0 Å². The summed E-state index contributed by atoms with van der Waals surface area (Å²) in [5, 5.41) is 10.8. The van der Waals surface area contributed by atoms with Gasteiger partial charge in [0, 0.05) is 20.0 Å². The van der Waals surface area contributed by atoms with Gasteiger partial charge in [0.05, 0.1) is 12.8 Å². The third-order valence-electron chi connectivity index (χ3n) is 3.83. The largest absolute Gasteiger partial charge is 0.459 e. The zero-order valence-electron chi connectivity index (χ0n) is 12.6. The molecule has 1 fully saturated rings. The van der Waals surface area contributed by atoms with E-state index >= 15 is 0 Å². The van der Waals surface area contributed by atoms with Crippen LogP contribution in [-0.2, 0) is 6.54 Å². The van der Waals surface area contributed by atoms with Gasteiger partial charge in [-0.05, 0) is 37.4 Å². The van der Waals surface area contributed by atoms with E-state index in [9.17, 15) is 4.79 Å². The van der Waals surface area contributed by atoms with Gasteiger partial charge in [0.25, 0.3) is 5.91 Å². The van der Waals surface area contributed by atoms with Gasteiger partial charge in [0.15, 0.2) is 5.76 Å². The van der Waals surface area contributed by atoms with Crippen LogP contribution in [-0.4, -0.2) is 40.6 Å². The number of rotatable bonds is 5. The molecule has 1 N–H and O–H groups in total. The Kier molecular flexibility index (Phi) is 4.53. The molecule has 2 aromatic rings. The van der Waals surface area contributed by atoms with E-state index in [-0.39, 0.29) is 5.91 Å². The number of carbonyl (C=O) groups is 1. The maximum atomic E-state index is 11.9. The normalized spacial score (nSPS) is 19.2. The van der Waals surface area contributed by atoms with E-state index < -0.39 is 0 Å². The molecular formula is C15H20N4O3. The molecule has 0 aliphatic carbocycles. The Morgan fingerprint density at radius 1 is 1.50 bits per heavy atom. The van der Waals surface area contributed by atoms with Gasteiger partial charge in [-0.1, -0.05) is 0 Å². The van der Waals surface area contributed by atoms with Gasteiger partial charge in [0.2, 0.25) is 11.8 Å². The van der Waals surface area contributed by atoms with Crippen molar-refractivity contribution < 1.29 is 13.6 Å². The van der Waals surface area contributed by atoms with E-state index in [1.54, 1.807) is 19.1 Å². The van der Waals surface area contributed by atoms with Gasteiger partial charge < -0.3 is 14.2 Å². The van der Waals surface area contributed by atoms with Crippen molar-refractivity contribution in [2.24, 2.45) is 5.92 Å². The molecule has 0 spiro atoms. The molecule has 1 saturated heterocycles. The van der Waals surface area contributed by atoms with E-state index in [4.69, 9.17) is 8.83 Å². The molecule has 22 heavy (non-hydrogen) atoms. The van der Waals surface area contributed by atoms with E-state index in [1.807, 2.05) is 0 Å². The molecule has 0 radical (unpaired) electrons. The van der Waals surface area contributed by atoms with Crippen LogP contribution in [0.15, 0.2) is 27.2 Å². The number of furan rings is 1. The number of amides is 1. The fourth-order valence-corrected chi connectivity index (χ4v) is 2.79. The Balaban J connectivity index is 1.47. The topological polar surface area (TPSA) is 84.4 Å². The second-order valence-corrected chi connectivity index (χ2v) is 5.65. The van der Waals surface area contributed by atoms with Crippen molar-refractivity contribution >= 4 is 5.91 Å². The summed E-state index contributed by atoms with van der Waals surface area (Å²) < 4.78 is 10.5. The number of aryl methyl sites for hydroxylation is 1. The first-order chi connectivity index (χ1) is 10.7. The van der Waals surface area contributed by atoms with E-state index in [0.717, 1.165) is 25.9 Å². The molecular weight excluding hydrogens is 284 g/mol. The van der Waals surface area contributed by atoms with Crippen LogP contribution < -0.4 is 5.32 Å². The molecule has 3 rings (SSSR count). The Morgan fingerprint density at radius 3 is 3.14 bits per heavy atom. The van der Waals surface area contributed by atoms with E-state index in [1.165, 1.54) is 6.26 Å². The lowest BCUT2D eigenvalue weighted by atomic mass is 9.98. The highest BCUT2D eigenvalue weighted by Gasteiger charge is 2.22. The molecule has 2 aromatic heterocycles. The molecule has 1 unspecified atom stereocenters. The second kappa shape index (κ2) is 6.74. The third kappa shape index (κ3) is 3.73. The molecule has 0 aromatic carbocycles. The number of aromatic nitrogens is 2. The number of hydrogen-bond donors (Lipinski definition) is 1. The van der Waals surface area contributed by atoms with Crippen LogP contribution in [0.25, 0.3) is 0 Å². The lowest BCUT2D eigenvalue weighted by Gasteiger charge is -2.31. The molecule has 1 atom stereocenters. The minimum atomic E-state index is -0.158. The van der Waals surface area contributed by atoms with E-state index in [2.05, 4.69) is 20.4 Å². The van der Waals surface area contributed by atoms with Gasteiger partial charge in [-0.25, -0.2) is 0 Å². The maximum absolute atomic E-state index is 11.9. The average molecular weight is 304 g/mol. The van der Waals surface area contributed by atoms with Gasteiger partial charge in [-0.3, -0.25) is 9.69 Å². The molecule has 7 heteroatoms. The Morgan fingerprint density at radius 2 is 2.41 bits per heavy atom. The summed E-state index contributed by atoms with van der Waals surface area (Å²) >= 11 is 0. The van der Waals surface area contributed by atoms with Crippen LogP contribution in [0.2, 0.25) is 0 Å². The van der Waals surface area contributed by atoms with Gasteiger partial charge in [-0.15, -0.1) is 10.2 Å². The summed E-state index contributed by atoms with van der Waals surface area (Å²) in [6.07, 6.45) is 3.72. The van der Waals surface area contributed by atoms with Gasteiger partial charge in [0.1, 0.15) is 0 Å². The zero-order valence-corrected chi connectivity index (χ0v) is 12.6. The number of nitrogens with one attached hydrogen (secondary N) is 1.